The van der Waals surface area contributed by atoms with Crippen molar-refractivity contribution < 1.29 is 23.5 Å². The Kier molecular flexibility index (Phi) is 5.02. The summed E-state index contributed by atoms with van der Waals surface area (Å²) in [5.74, 6) is -2.55. The Morgan fingerprint density at radius 3 is 2.38 bits per heavy atom. The van der Waals surface area contributed by atoms with E-state index in [-0.39, 0.29) is 18.3 Å². The number of methoxy groups -OCH3 is 1. The summed E-state index contributed by atoms with van der Waals surface area (Å²) in [5, 5.41) is 3.96. The maximum absolute atomic E-state index is 13.1. The molecular formula is C18H14FN3O4. The van der Waals surface area contributed by atoms with Gasteiger partial charge in [0.25, 0.3) is 5.82 Å². The lowest BCUT2D eigenvalue weighted by Crippen LogP contribution is -2.13. The Morgan fingerprint density at radius 1 is 1.04 bits per heavy atom. The smallest absolute Gasteiger partial charge is 0.377 e. The van der Waals surface area contributed by atoms with Crippen LogP contribution in [0.1, 0.15) is 26.8 Å². The third-order valence-corrected chi connectivity index (χ3v) is 3.44. The van der Waals surface area contributed by atoms with E-state index in [0.29, 0.717) is 5.69 Å². The zero-order valence-electron chi connectivity index (χ0n) is 13.8. The molecule has 0 fully saturated rings. The van der Waals surface area contributed by atoms with Crippen LogP contribution in [0.15, 0.2) is 54.6 Å². The average Bonchev–Trinajstić information content (AvgIpc) is 3.12. The minimum absolute atomic E-state index is 0.0313. The lowest BCUT2D eigenvalue weighted by molar-refractivity contribution is 0.0455. The van der Waals surface area contributed by atoms with Crippen molar-refractivity contribution in [3.63, 3.8) is 0 Å². The van der Waals surface area contributed by atoms with Gasteiger partial charge in [-0.15, -0.1) is 5.10 Å². The molecule has 0 aliphatic heterocycles. The van der Waals surface area contributed by atoms with Crippen molar-refractivity contribution in [3.05, 3.63) is 77.6 Å². The number of nitrogens with zero attached hydrogens (tertiary/aromatic N) is 3. The fourth-order valence-electron chi connectivity index (χ4n) is 2.17. The molecule has 0 radical (unpaired) electrons. The Labute approximate surface area is 148 Å². The second-order valence-electron chi connectivity index (χ2n) is 5.20. The molecule has 26 heavy (non-hydrogen) atoms. The molecule has 0 saturated carbocycles. The van der Waals surface area contributed by atoms with E-state index in [1.54, 1.807) is 12.1 Å². The molecule has 0 aliphatic carbocycles. The lowest BCUT2D eigenvalue weighted by atomic mass is 10.2. The van der Waals surface area contributed by atoms with E-state index in [9.17, 15) is 14.0 Å². The molecule has 0 N–H and O–H groups in total. The molecule has 132 valence electrons. The number of carbonyl (C=O) groups is 2. The maximum Gasteiger partial charge on any atom is 0.377 e. The van der Waals surface area contributed by atoms with Gasteiger partial charge in [0.15, 0.2) is 0 Å². The van der Waals surface area contributed by atoms with Gasteiger partial charge in [0.05, 0.1) is 12.8 Å². The van der Waals surface area contributed by atoms with Crippen molar-refractivity contribution in [2.45, 2.75) is 6.61 Å². The van der Waals surface area contributed by atoms with E-state index >= 15 is 0 Å². The van der Waals surface area contributed by atoms with E-state index in [1.807, 2.05) is 18.2 Å². The highest BCUT2D eigenvalue weighted by atomic mass is 19.1. The van der Waals surface area contributed by atoms with Gasteiger partial charge in [-0.25, -0.2) is 18.7 Å². The molecule has 0 amide bonds. The van der Waals surface area contributed by atoms with Crippen LogP contribution in [0.4, 0.5) is 4.39 Å². The van der Waals surface area contributed by atoms with E-state index in [1.165, 1.54) is 31.4 Å². The van der Waals surface area contributed by atoms with Gasteiger partial charge in [-0.3, -0.25) is 0 Å². The minimum Gasteiger partial charge on any atom is -0.463 e. The zero-order chi connectivity index (χ0) is 18.5. The first kappa shape index (κ1) is 17.3. The summed E-state index contributed by atoms with van der Waals surface area (Å²) < 4.78 is 24.1. The summed E-state index contributed by atoms with van der Waals surface area (Å²) >= 11 is 0. The largest absolute Gasteiger partial charge is 0.463 e. The first-order chi connectivity index (χ1) is 12.6. The molecule has 1 heterocycles. The molecule has 8 heteroatoms. The highest BCUT2D eigenvalue weighted by Gasteiger charge is 2.24. The van der Waals surface area contributed by atoms with Gasteiger partial charge in [-0.2, -0.15) is 4.98 Å². The van der Waals surface area contributed by atoms with Gasteiger partial charge in [0.2, 0.25) is 5.82 Å². The molecule has 0 atom stereocenters. The average molecular weight is 355 g/mol. The van der Waals surface area contributed by atoms with E-state index in [4.69, 9.17) is 4.74 Å². The molecule has 7 nitrogen and oxygen atoms in total. The second kappa shape index (κ2) is 7.56. The number of carbonyl (C=O) groups excluding carboxylic acids is 2. The number of benzene rings is 2. The zero-order valence-corrected chi connectivity index (χ0v) is 13.8. The van der Waals surface area contributed by atoms with Gasteiger partial charge in [-0.05, 0) is 29.8 Å². The van der Waals surface area contributed by atoms with Crippen molar-refractivity contribution in [1.29, 1.82) is 0 Å². The van der Waals surface area contributed by atoms with Crippen LogP contribution in [0.5, 0.6) is 0 Å². The number of aromatic nitrogens is 3. The Morgan fingerprint density at radius 2 is 1.73 bits per heavy atom. The summed E-state index contributed by atoms with van der Waals surface area (Å²) in [6.07, 6.45) is 0. The van der Waals surface area contributed by atoms with Gasteiger partial charge in [-0.1, -0.05) is 30.3 Å². The predicted octanol–water partition coefficient (Wildman–Crippen LogP) is 2.55. The molecule has 3 aromatic rings. The van der Waals surface area contributed by atoms with Crippen LogP contribution in [0.2, 0.25) is 0 Å². The third-order valence-electron chi connectivity index (χ3n) is 3.44. The molecule has 3 rings (SSSR count). The topological polar surface area (TPSA) is 83.3 Å². The van der Waals surface area contributed by atoms with E-state index < -0.39 is 17.8 Å². The number of hydrogen-bond donors (Lipinski definition) is 0. The summed E-state index contributed by atoms with van der Waals surface area (Å²) in [4.78, 5) is 28.0. The lowest BCUT2D eigenvalue weighted by Gasteiger charge is -2.06. The van der Waals surface area contributed by atoms with Crippen LogP contribution in [0.3, 0.4) is 0 Å². The Bertz CT molecular complexity index is 923. The summed E-state index contributed by atoms with van der Waals surface area (Å²) in [6, 6.07) is 14.3. The summed E-state index contributed by atoms with van der Waals surface area (Å²) in [5.41, 5.74) is 1.14. The fourth-order valence-corrected chi connectivity index (χ4v) is 2.17. The first-order valence-electron chi connectivity index (χ1n) is 7.61. The quantitative estimate of drug-likeness (QED) is 0.654. The Balaban J connectivity index is 1.90. The van der Waals surface area contributed by atoms with E-state index in [0.717, 1.165) is 10.2 Å². The maximum atomic E-state index is 13.1. The van der Waals surface area contributed by atoms with Crippen LogP contribution in [0, 0.1) is 5.82 Å². The highest BCUT2D eigenvalue weighted by molar-refractivity contribution is 5.90. The van der Waals surface area contributed by atoms with Crippen LogP contribution in [-0.4, -0.2) is 33.8 Å². The Hall–Kier alpha value is -3.55. The number of hydrogen-bond acceptors (Lipinski definition) is 6. The van der Waals surface area contributed by atoms with Crippen molar-refractivity contribution in [1.82, 2.24) is 14.8 Å². The minimum atomic E-state index is -0.803. The number of ether oxygens (including phenoxy) is 2. The van der Waals surface area contributed by atoms with Crippen molar-refractivity contribution in [2.24, 2.45) is 0 Å². The number of esters is 2. The third kappa shape index (κ3) is 3.75. The normalized spacial score (nSPS) is 10.4. The van der Waals surface area contributed by atoms with Gasteiger partial charge in [0.1, 0.15) is 12.4 Å². The van der Waals surface area contributed by atoms with Crippen LogP contribution < -0.4 is 0 Å². The van der Waals surface area contributed by atoms with E-state index in [2.05, 4.69) is 14.8 Å². The van der Waals surface area contributed by atoms with Crippen molar-refractivity contribution in [2.75, 3.05) is 7.11 Å². The molecule has 0 saturated heterocycles. The molecule has 2 aromatic carbocycles. The van der Waals surface area contributed by atoms with Gasteiger partial charge < -0.3 is 9.47 Å². The molecular weight excluding hydrogens is 341 g/mol. The molecule has 0 spiro atoms. The van der Waals surface area contributed by atoms with Gasteiger partial charge in [0, 0.05) is 0 Å². The number of rotatable bonds is 5. The molecule has 0 unspecified atom stereocenters. The molecule has 0 aliphatic rings. The molecule has 0 bridgehead atoms. The van der Waals surface area contributed by atoms with Gasteiger partial charge >= 0.3 is 11.9 Å². The van der Waals surface area contributed by atoms with Crippen LogP contribution >= 0.6 is 0 Å². The monoisotopic (exact) mass is 355 g/mol. The number of halogens is 1. The van der Waals surface area contributed by atoms with Crippen molar-refractivity contribution in [3.8, 4) is 5.69 Å². The summed E-state index contributed by atoms with van der Waals surface area (Å²) in [7, 11) is 1.17. The predicted molar refractivity (Wildman–Crippen MR) is 88.2 cm³/mol. The first-order valence-corrected chi connectivity index (χ1v) is 7.61. The van der Waals surface area contributed by atoms with Crippen LogP contribution in [-0.2, 0) is 16.1 Å². The fraction of sp³-hybridized carbons (Fsp3) is 0.111. The second-order valence-corrected chi connectivity index (χ2v) is 5.20. The van der Waals surface area contributed by atoms with Crippen LogP contribution in [0.25, 0.3) is 5.69 Å². The highest BCUT2D eigenvalue weighted by Crippen LogP contribution is 2.13. The standard InChI is InChI=1S/C18H14FN3O4/c1-25-17(23)15-20-16(18(24)26-11-12-5-3-2-4-6-12)22(21-15)14-9-7-13(19)8-10-14/h2-10H,11H2,1H3. The van der Waals surface area contributed by atoms with Crippen molar-refractivity contribution >= 4 is 11.9 Å². The SMILES string of the molecule is COC(=O)c1nc(C(=O)OCc2ccccc2)n(-c2ccc(F)cc2)n1. The summed E-state index contributed by atoms with van der Waals surface area (Å²) in [6.45, 7) is 0.0313. The molecule has 1 aromatic heterocycles.